The molecule has 3 rings (SSSR count). The van der Waals surface area contributed by atoms with E-state index in [0.717, 1.165) is 39.1 Å². The summed E-state index contributed by atoms with van der Waals surface area (Å²) >= 11 is 0. The van der Waals surface area contributed by atoms with E-state index in [0.29, 0.717) is 6.61 Å². The van der Waals surface area contributed by atoms with Crippen molar-refractivity contribution in [2.24, 2.45) is 5.41 Å². The molecule has 0 saturated carbocycles. The summed E-state index contributed by atoms with van der Waals surface area (Å²) in [6, 6.07) is 0. The highest BCUT2D eigenvalue weighted by Crippen LogP contribution is 2.44. The van der Waals surface area contributed by atoms with Crippen molar-refractivity contribution < 1.29 is 23.7 Å². The van der Waals surface area contributed by atoms with Gasteiger partial charge >= 0.3 is 5.97 Å². The molecule has 0 spiro atoms. The monoisotopic (exact) mass is 256 g/mol. The number of ether oxygens (including phenoxy) is 4. The minimum atomic E-state index is -0.473. The maximum atomic E-state index is 12.4. The van der Waals surface area contributed by atoms with Gasteiger partial charge in [0.2, 0.25) is 0 Å². The number of esters is 1. The second-order valence-corrected chi connectivity index (χ2v) is 5.48. The van der Waals surface area contributed by atoms with Crippen LogP contribution < -0.4 is 0 Å². The van der Waals surface area contributed by atoms with Crippen molar-refractivity contribution in [2.45, 2.75) is 44.5 Å². The second kappa shape index (κ2) is 4.79. The molecule has 5 nitrogen and oxygen atoms in total. The second-order valence-electron chi connectivity index (χ2n) is 5.48. The lowest BCUT2D eigenvalue weighted by Gasteiger charge is -2.30. The molecule has 102 valence electrons. The van der Waals surface area contributed by atoms with Crippen LogP contribution in [0.25, 0.3) is 0 Å². The average molecular weight is 256 g/mol. The molecule has 0 aromatic carbocycles. The first-order chi connectivity index (χ1) is 8.72. The molecular formula is C13H20O5. The van der Waals surface area contributed by atoms with Gasteiger partial charge in [0.15, 0.2) is 0 Å². The van der Waals surface area contributed by atoms with Gasteiger partial charge in [-0.1, -0.05) is 0 Å². The molecule has 3 aliphatic rings. The maximum absolute atomic E-state index is 12.4. The fourth-order valence-electron chi connectivity index (χ4n) is 2.65. The molecule has 3 unspecified atom stereocenters. The smallest absolute Gasteiger partial charge is 0.312 e. The molecule has 3 heterocycles. The average Bonchev–Trinajstić information content (AvgIpc) is 3.15. The molecule has 0 radical (unpaired) electrons. The van der Waals surface area contributed by atoms with E-state index in [2.05, 4.69) is 0 Å². The van der Waals surface area contributed by atoms with Gasteiger partial charge in [-0.15, -0.1) is 0 Å². The van der Waals surface area contributed by atoms with E-state index >= 15 is 0 Å². The quantitative estimate of drug-likeness (QED) is 0.477. The third kappa shape index (κ3) is 3.02. The Bertz CT molecular complexity index is 281. The first-order valence-corrected chi connectivity index (χ1v) is 6.74. The van der Waals surface area contributed by atoms with Gasteiger partial charge in [-0.2, -0.15) is 0 Å². The van der Waals surface area contributed by atoms with Crippen molar-refractivity contribution in [3.05, 3.63) is 0 Å². The summed E-state index contributed by atoms with van der Waals surface area (Å²) in [5.41, 5.74) is -0.473. The first-order valence-electron chi connectivity index (χ1n) is 6.74. The molecule has 18 heavy (non-hydrogen) atoms. The van der Waals surface area contributed by atoms with E-state index in [1.807, 2.05) is 6.92 Å². The van der Waals surface area contributed by atoms with E-state index in [1.165, 1.54) is 0 Å². The molecule has 0 bridgehead atoms. The van der Waals surface area contributed by atoms with E-state index < -0.39 is 5.41 Å². The molecule has 0 aliphatic carbocycles. The Morgan fingerprint density at radius 3 is 1.72 bits per heavy atom. The van der Waals surface area contributed by atoms with E-state index in [1.54, 1.807) is 0 Å². The zero-order valence-corrected chi connectivity index (χ0v) is 10.7. The summed E-state index contributed by atoms with van der Waals surface area (Å²) < 4.78 is 21.2. The Balaban J connectivity index is 1.72. The summed E-state index contributed by atoms with van der Waals surface area (Å²) in [4.78, 5) is 12.4. The van der Waals surface area contributed by atoms with Gasteiger partial charge in [0.25, 0.3) is 0 Å². The Morgan fingerprint density at radius 1 is 1.06 bits per heavy atom. The minimum Gasteiger partial charge on any atom is -0.466 e. The van der Waals surface area contributed by atoms with Crippen LogP contribution in [0, 0.1) is 5.41 Å². The van der Waals surface area contributed by atoms with Gasteiger partial charge in [0.1, 0.15) is 0 Å². The topological polar surface area (TPSA) is 63.9 Å². The van der Waals surface area contributed by atoms with Crippen LogP contribution in [0.1, 0.15) is 26.2 Å². The van der Waals surface area contributed by atoms with Crippen LogP contribution in [-0.2, 0) is 23.7 Å². The molecule has 5 heteroatoms. The lowest BCUT2D eigenvalue weighted by atomic mass is 9.75. The summed E-state index contributed by atoms with van der Waals surface area (Å²) in [7, 11) is 0. The number of hydrogen-bond donors (Lipinski definition) is 0. The van der Waals surface area contributed by atoms with Crippen LogP contribution in [0.5, 0.6) is 0 Å². The molecule has 0 aromatic heterocycles. The molecular weight excluding hydrogens is 236 g/mol. The number of epoxide rings is 3. The Labute approximate surface area is 107 Å². The van der Waals surface area contributed by atoms with Crippen molar-refractivity contribution in [2.75, 3.05) is 26.4 Å². The number of rotatable bonds is 8. The number of carbonyl (C=O) groups excluding carboxylic acids is 1. The molecule has 3 aliphatic heterocycles. The largest absolute Gasteiger partial charge is 0.466 e. The Hall–Kier alpha value is -0.650. The summed E-state index contributed by atoms with van der Waals surface area (Å²) in [6.45, 7) is 4.55. The van der Waals surface area contributed by atoms with Crippen molar-refractivity contribution in [3.8, 4) is 0 Å². The Morgan fingerprint density at radius 2 is 1.44 bits per heavy atom. The first kappa shape index (κ1) is 12.4. The van der Waals surface area contributed by atoms with Crippen LogP contribution >= 0.6 is 0 Å². The van der Waals surface area contributed by atoms with E-state index in [4.69, 9.17) is 18.9 Å². The van der Waals surface area contributed by atoms with E-state index in [9.17, 15) is 4.79 Å². The van der Waals surface area contributed by atoms with Crippen molar-refractivity contribution in [3.63, 3.8) is 0 Å². The lowest BCUT2D eigenvalue weighted by molar-refractivity contribution is -0.158. The predicted molar refractivity (Wildman–Crippen MR) is 62.1 cm³/mol. The van der Waals surface area contributed by atoms with Crippen LogP contribution in [0.4, 0.5) is 0 Å². The van der Waals surface area contributed by atoms with Gasteiger partial charge in [0.05, 0.1) is 50.2 Å². The van der Waals surface area contributed by atoms with Crippen molar-refractivity contribution >= 4 is 5.97 Å². The normalized spacial score (nSPS) is 35.7. The highest BCUT2D eigenvalue weighted by Gasteiger charge is 2.51. The van der Waals surface area contributed by atoms with Gasteiger partial charge < -0.3 is 18.9 Å². The molecule has 0 aromatic rings. The van der Waals surface area contributed by atoms with Gasteiger partial charge in [0, 0.05) is 0 Å². The lowest BCUT2D eigenvalue weighted by Crippen LogP contribution is -2.37. The summed E-state index contributed by atoms with van der Waals surface area (Å²) in [5.74, 6) is -0.105. The maximum Gasteiger partial charge on any atom is 0.312 e. The highest BCUT2D eigenvalue weighted by molar-refractivity contribution is 5.77. The molecule has 0 amide bonds. The fourth-order valence-corrected chi connectivity index (χ4v) is 2.65. The van der Waals surface area contributed by atoms with Gasteiger partial charge in [-0.3, -0.25) is 4.79 Å². The Kier molecular flexibility index (Phi) is 3.30. The predicted octanol–water partition coefficient (Wildman–Crippen LogP) is 0.903. The van der Waals surface area contributed by atoms with Crippen molar-refractivity contribution in [1.82, 2.24) is 0 Å². The molecule has 0 N–H and O–H groups in total. The number of hydrogen-bond acceptors (Lipinski definition) is 5. The zero-order valence-electron chi connectivity index (χ0n) is 10.7. The number of carbonyl (C=O) groups is 1. The molecule has 3 atom stereocenters. The minimum absolute atomic E-state index is 0.105. The summed E-state index contributed by atoms with van der Waals surface area (Å²) in [5, 5.41) is 0. The van der Waals surface area contributed by atoms with Crippen LogP contribution in [0.3, 0.4) is 0 Å². The van der Waals surface area contributed by atoms with Gasteiger partial charge in [-0.25, -0.2) is 0 Å². The molecule has 3 fully saturated rings. The third-order valence-electron chi connectivity index (χ3n) is 3.77. The standard InChI is InChI=1S/C13H20O5/c1-2-15-12(14)13(3-9-6-16-9,4-10-7-17-10)5-11-8-18-11/h9-11H,2-8H2,1H3. The van der Waals surface area contributed by atoms with Crippen LogP contribution in [0.15, 0.2) is 0 Å². The highest BCUT2D eigenvalue weighted by atomic mass is 16.6. The third-order valence-corrected chi connectivity index (χ3v) is 3.77. The van der Waals surface area contributed by atoms with Crippen LogP contribution in [0.2, 0.25) is 0 Å². The zero-order chi connectivity index (χ0) is 12.6. The van der Waals surface area contributed by atoms with Crippen molar-refractivity contribution in [1.29, 1.82) is 0 Å². The fraction of sp³-hybridized carbons (Fsp3) is 0.923. The SMILES string of the molecule is CCOC(=O)C(CC1CO1)(CC1CO1)CC1CO1. The van der Waals surface area contributed by atoms with E-state index in [-0.39, 0.29) is 24.3 Å². The summed E-state index contributed by atoms with van der Waals surface area (Å²) in [6.07, 6.45) is 2.87. The van der Waals surface area contributed by atoms with Gasteiger partial charge in [-0.05, 0) is 26.2 Å². The van der Waals surface area contributed by atoms with Crippen LogP contribution in [-0.4, -0.2) is 50.7 Å². The molecule has 3 saturated heterocycles.